The highest BCUT2D eigenvalue weighted by atomic mass is 32.1. The fourth-order valence-corrected chi connectivity index (χ4v) is 1.70. The smallest absolute Gasteiger partial charge is 0.269 e. The molecular weight excluding hydrogens is 262 g/mol. The molecule has 0 radical (unpaired) electrons. The van der Waals surface area contributed by atoms with E-state index in [1.165, 1.54) is 0 Å². The second-order valence-corrected chi connectivity index (χ2v) is 5.22. The maximum Gasteiger partial charge on any atom is 0.269 e. The number of carbonyl (C=O) groups excluding carboxylic acids is 1. The Balaban J connectivity index is 2.83. The van der Waals surface area contributed by atoms with E-state index in [4.69, 9.17) is 23.7 Å². The molecule has 0 aliphatic rings. The lowest BCUT2D eigenvalue weighted by molar-refractivity contribution is 0.0994. The van der Waals surface area contributed by atoms with Crippen LogP contribution < -0.4 is 16.4 Å². The molecular formula is C12H19N5OS. The number of carbonyl (C=O) groups is 1. The number of rotatable bonds is 7. The van der Waals surface area contributed by atoms with Crippen molar-refractivity contribution in [3.63, 3.8) is 0 Å². The van der Waals surface area contributed by atoms with E-state index in [1.807, 2.05) is 4.90 Å². The molecule has 104 valence electrons. The minimum atomic E-state index is -0.586. The zero-order chi connectivity index (χ0) is 14.4. The zero-order valence-corrected chi connectivity index (χ0v) is 12.0. The average Bonchev–Trinajstić information content (AvgIpc) is 2.34. The molecule has 0 aliphatic carbocycles. The molecule has 19 heavy (non-hydrogen) atoms. The van der Waals surface area contributed by atoms with Crippen LogP contribution in [0.25, 0.3) is 0 Å². The van der Waals surface area contributed by atoms with Gasteiger partial charge < -0.3 is 16.4 Å². The first-order valence-electron chi connectivity index (χ1n) is 6.07. The Morgan fingerprint density at radius 3 is 2.47 bits per heavy atom. The molecule has 6 nitrogen and oxygen atoms in total. The van der Waals surface area contributed by atoms with Crippen molar-refractivity contribution in [2.24, 2.45) is 17.4 Å². The molecule has 0 saturated carbocycles. The van der Waals surface area contributed by atoms with Gasteiger partial charge in [0.15, 0.2) is 11.5 Å². The van der Waals surface area contributed by atoms with Crippen molar-refractivity contribution in [1.82, 2.24) is 10.2 Å². The molecule has 0 unspecified atom stereocenters. The van der Waals surface area contributed by atoms with E-state index in [0.29, 0.717) is 29.7 Å². The van der Waals surface area contributed by atoms with Crippen molar-refractivity contribution >= 4 is 28.9 Å². The van der Waals surface area contributed by atoms with E-state index in [-0.39, 0.29) is 5.69 Å². The molecule has 0 fully saturated rings. The predicted molar refractivity (Wildman–Crippen MR) is 79.0 cm³/mol. The largest absolute Gasteiger partial charge is 0.393 e. The molecule has 0 atom stereocenters. The molecule has 1 heterocycles. The lowest BCUT2D eigenvalue weighted by atomic mass is 10.2. The summed E-state index contributed by atoms with van der Waals surface area (Å²) in [6.45, 7) is 5.71. The number of nitrogens with two attached hydrogens (primary N) is 2. The Morgan fingerprint density at radius 2 is 2.05 bits per heavy atom. The summed E-state index contributed by atoms with van der Waals surface area (Å²) >= 11 is 4.89. The van der Waals surface area contributed by atoms with E-state index in [2.05, 4.69) is 24.0 Å². The van der Waals surface area contributed by atoms with Crippen LogP contribution in [-0.4, -0.2) is 34.2 Å². The van der Waals surface area contributed by atoms with Gasteiger partial charge >= 0.3 is 0 Å². The van der Waals surface area contributed by atoms with Gasteiger partial charge in [-0.15, -0.1) is 10.2 Å². The lowest BCUT2D eigenvalue weighted by Crippen LogP contribution is -2.32. The first kappa shape index (κ1) is 15.3. The second kappa shape index (κ2) is 6.98. The summed E-state index contributed by atoms with van der Waals surface area (Å²) in [5, 5.41) is 7.83. The van der Waals surface area contributed by atoms with Gasteiger partial charge in [0.25, 0.3) is 5.91 Å². The standard InChI is InChI=1S/C12H19N5OS/c1-8(2)7-17(6-5-10(13)19)11-4-3-9(12(14)18)15-16-11/h3-4,8H,5-7H2,1-2H3,(H2,13,19)(H2,14,18). The SMILES string of the molecule is CC(C)CN(CCC(N)=S)c1ccc(C(N)=O)nn1. The molecule has 1 aromatic heterocycles. The van der Waals surface area contributed by atoms with Gasteiger partial charge in [-0.25, -0.2) is 0 Å². The number of hydrogen-bond donors (Lipinski definition) is 2. The van der Waals surface area contributed by atoms with Crippen LogP contribution in [0.2, 0.25) is 0 Å². The van der Waals surface area contributed by atoms with Crippen LogP contribution in [0.3, 0.4) is 0 Å². The van der Waals surface area contributed by atoms with Crippen molar-refractivity contribution in [3.8, 4) is 0 Å². The van der Waals surface area contributed by atoms with Gasteiger partial charge in [0.05, 0.1) is 4.99 Å². The van der Waals surface area contributed by atoms with Crippen LogP contribution in [-0.2, 0) is 0 Å². The van der Waals surface area contributed by atoms with E-state index in [9.17, 15) is 4.79 Å². The third kappa shape index (κ3) is 5.17. The van der Waals surface area contributed by atoms with Crippen molar-refractivity contribution < 1.29 is 4.79 Å². The van der Waals surface area contributed by atoms with Crippen LogP contribution in [0.15, 0.2) is 12.1 Å². The molecule has 4 N–H and O–H groups in total. The minimum Gasteiger partial charge on any atom is -0.393 e. The van der Waals surface area contributed by atoms with Gasteiger partial charge in [-0.1, -0.05) is 26.1 Å². The normalized spacial score (nSPS) is 10.5. The first-order valence-corrected chi connectivity index (χ1v) is 6.47. The second-order valence-electron chi connectivity index (χ2n) is 4.70. The predicted octanol–water partition coefficient (Wildman–Crippen LogP) is 0.714. The molecule has 0 bridgehead atoms. The number of primary amides is 1. The van der Waals surface area contributed by atoms with Crippen molar-refractivity contribution in [3.05, 3.63) is 17.8 Å². The Morgan fingerprint density at radius 1 is 1.37 bits per heavy atom. The number of amides is 1. The summed E-state index contributed by atoms with van der Waals surface area (Å²) in [6.07, 6.45) is 0.612. The zero-order valence-electron chi connectivity index (χ0n) is 11.2. The fraction of sp³-hybridized carbons (Fsp3) is 0.500. The van der Waals surface area contributed by atoms with Gasteiger partial charge in [-0.2, -0.15) is 0 Å². The van der Waals surface area contributed by atoms with Gasteiger partial charge in [0.2, 0.25) is 0 Å². The Labute approximate surface area is 118 Å². The number of nitrogens with zero attached hydrogens (tertiary/aromatic N) is 3. The Hall–Kier alpha value is -1.76. The van der Waals surface area contributed by atoms with Crippen molar-refractivity contribution in [1.29, 1.82) is 0 Å². The Bertz CT molecular complexity index is 446. The van der Waals surface area contributed by atoms with Crippen molar-refractivity contribution in [2.75, 3.05) is 18.0 Å². The van der Waals surface area contributed by atoms with E-state index in [1.54, 1.807) is 12.1 Å². The quantitative estimate of drug-likeness (QED) is 0.714. The maximum absolute atomic E-state index is 10.9. The maximum atomic E-state index is 10.9. The monoisotopic (exact) mass is 281 g/mol. The number of hydrogen-bond acceptors (Lipinski definition) is 5. The molecule has 7 heteroatoms. The third-order valence-corrected chi connectivity index (χ3v) is 2.64. The molecule has 1 aromatic rings. The number of aromatic nitrogens is 2. The molecule has 1 rings (SSSR count). The van der Waals surface area contributed by atoms with Gasteiger partial charge in [0.1, 0.15) is 0 Å². The summed E-state index contributed by atoms with van der Waals surface area (Å²) in [5.41, 5.74) is 10.8. The molecule has 0 saturated heterocycles. The highest BCUT2D eigenvalue weighted by Gasteiger charge is 2.12. The van der Waals surface area contributed by atoms with Crippen LogP contribution in [0, 0.1) is 5.92 Å². The van der Waals surface area contributed by atoms with Gasteiger partial charge in [-0.3, -0.25) is 4.79 Å². The van der Waals surface area contributed by atoms with Gasteiger partial charge in [0, 0.05) is 19.5 Å². The first-order chi connectivity index (χ1) is 8.90. The molecule has 0 spiro atoms. The van der Waals surface area contributed by atoms with Crippen LogP contribution in [0.5, 0.6) is 0 Å². The van der Waals surface area contributed by atoms with Crippen molar-refractivity contribution in [2.45, 2.75) is 20.3 Å². The van der Waals surface area contributed by atoms with Crippen LogP contribution in [0.1, 0.15) is 30.8 Å². The molecule has 0 aliphatic heterocycles. The minimum absolute atomic E-state index is 0.155. The van der Waals surface area contributed by atoms with Crippen LogP contribution >= 0.6 is 12.2 Å². The topological polar surface area (TPSA) is 98.1 Å². The summed E-state index contributed by atoms with van der Waals surface area (Å²) < 4.78 is 0. The highest BCUT2D eigenvalue weighted by molar-refractivity contribution is 7.80. The summed E-state index contributed by atoms with van der Waals surface area (Å²) in [5.74, 6) is 0.566. The molecule has 1 amide bonds. The van der Waals surface area contributed by atoms with E-state index >= 15 is 0 Å². The average molecular weight is 281 g/mol. The number of thiocarbonyl (C=S) groups is 1. The fourth-order valence-electron chi connectivity index (χ4n) is 1.61. The summed E-state index contributed by atoms with van der Waals surface area (Å²) in [4.78, 5) is 13.5. The lowest BCUT2D eigenvalue weighted by Gasteiger charge is -2.24. The van der Waals surface area contributed by atoms with Crippen LogP contribution in [0.4, 0.5) is 5.82 Å². The summed E-state index contributed by atoms with van der Waals surface area (Å²) in [7, 11) is 0. The Kier molecular flexibility index (Phi) is 5.62. The third-order valence-electron chi connectivity index (χ3n) is 2.44. The van der Waals surface area contributed by atoms with Gasteiger partial charge in [-0.05, 0) is 18.1 Å². The van der Waals surface area contributed by atoms with E-state index < -0.39 is 5.91 Å². The molecule has 0 aromatic carbocycles. The summed E-state index contributed by atoms with van der Waals surface area (Å²) in [6, 6.07) is 3.30. The number of anilines is 1. The van der Waals surface area contributed by atoms with E-state index in [0.717, 1.165) is 6.54 Å². The highest BCUT2D eigenvalue weighted by Crippen LogP contribution is 2.12.